The van der Waals surface area contributed by atoms with Gasteiger partial charge in [0.1, 0.15) is 6.61 Å². The Hall–Kier alpha value is -0.330. The average molecular weight is 241 g/mol. The van der Waals surface area contributed by atoms with Gasteiger partial charge in [-0.1, -0.05) is 0 Å². The summed E-state index contributed by atoms with van der Waals surface area (Å²) < 4.78 is 46.1. The van der Waals surface area contributed by atoms with E-state index < -0.39 is 12.8 Å². The van der Waals surface area contributed by atoms with E-state index in [1.807, 2.05) is 6.92 Å². The van der Waals surface area contributed by atoms with Crippen molar-refractivity contribution >= 4 is 0 Å². The maximum atomic E-state index is 12.0. The summed E-state index contributed by atoms with van der Waals surface area (Å²) in [6.45, 7) is 1.95. The molecule has 0 aromatic heterocycles. The van der Waals surface area contributed by atoms with Crippen LogP contribution < -0.4 is 5.32 Å². The van der Waals surface area contributed by atoms with Crippen molar-refractivity contribution < 1.29 is 22.6 Å². The van der Waals surface area contributed by atoms with E-state index >= 15 is 0 Å². The van der Waals surface area contributed by atoms with Crippen LogP contribution in [0, 0.1) is 5.41 Å². The minimum atomic E-state index is -4.26. The zero-order valence-electron chi connectivity index (χ0n) is 9.56. The second kappa shape index (κ2) is 5.33. The third-order valence-electron chi connectivity index (χ3n) is 3.01. The first-order valence-electron chi connectivity index (χ1n) is 5.30. The van der Waals surface area contributed by atoms with Crippen molar-refractivity contribution in [3.63, 3.8) is 0 Å². The van der Waals surface area contributed by atoms with Crippen LogP contribution in [0.4, 0.5) is 13.2 Å². The molecule has 1 N–H and O–H groups in total. The fourth-order valence-electron chi connectivity index (χ4n) is 2.01. The van der Waals surface area contributed by atoms with Crippen LogP contribution in [-0.4, -0.2) is 45.7 Å². The highest BCUT2D eigenvalue weighted by atomic mass is 19.4. The summed E-state index contributed by atoms with van der Waals surface area (Å²) in [6.07, 6.45) is -3.61. The number of hydrogen-bond acceptors (Lipinski definition) is 3. The summed E-state index contributed by atoms with van der Waals surface area (Å²) in [5.74, 6) is 0. The third kappa shape index (κ3) is 3.61. The smallest absolute Gasteiger partial charge is 0.378 e. The van der Waals surface area contributed by atoms with Crippen molar-refractivity contribution in [1.82, 2.24) is 5.32 Å². The van der Waals surface area contributed by atoms with Gasteiger partial charge in [0.15, 0.2) is 0 Å². The maximum Gasteiger partial charge on any atom is 0.411 e. The molecule has 16 heavy (non-hydrogen) atoms. The van der Waals surface area contributed by atoms with E-state index in [1.54, 1.807) is 7.05 Å². The predicted molar refractivity (Wildman–Crippen MR) is 53.3 cm³/mol. The molecule has 0 aliphatic carbocycles. The number of nitrogens with one attached hydrogen (secondary N) is 1. The normalized spacial score (nSPS) is 30.9. The Kier molecular flexibility index (Phi) is 4.58. The fourth-order valence-corrected chi connectivity index (χ4v) is 2.01. The second-order valence-corrected chi connectivity index (χ2v) is 4.26. The van der Waals surface area contributed by atoms with Crippen LogP contribution in [0.2, 0.25) is 0 Å². The highest BCUT2D eigenvalue weighted by molar-refractivity contribution is 4.91. The molecule has 0 radical (unpaired) electrons. The van der Waals surface area contributed by atoms with Crippen LogP contribution in [-0.2, 0) is 9.47 Å². The Labute approximate surface area is 93.3 Å². The van der Waals surface area contributed by atoms with Crippen molar-refractivity contribution in [2.45, 2.75) is 25.6 Å². The lowest BCUT2D eigenvalue weighted by Gasteiger charge is -2.31. The molecule has 96 valence electrons. The summed E-state index contributed by atoms with van der Waals surface area (Å²) in [5.41, 5.74) is -0.333. The molecule has 1 rings (SSSR count). The second-order valence-electron chi connectivity index (χ2n) is 4.26. The molecule has 1 aliphatic heterocycles. The molecular weight excluding hydrogens is 223 g/mol. The van der Waals surface area contributed by atoms with Gasteiger partial charge >= 0.3 is 6.18 Å². The minimum Gasteiger partial charge on any atom is -0.378 e. The Morgan fingerprint density at radius 3 is 2.62 bits per heavy atom. The van der Waals surface area contributed by atoms with Gasteiger partial charge in [-0.3, -0.25) is 0 Å². The molecule has 2 atom stereocenters. The van der Waals surface area contributed by atoms with Gasteiger partial charge in [-0.25, -0.2) is 0 Å². The zero-order valence-corrected chi connectivity index (χ0v) is 9.56. The van der Waals surface area contributed by atoms with E-state index in [4.69, 9.17) is 9.47 Å². The average Bonchev–Trinajstić information content (AvgIpc) is 2.47. The molecule has 2 unspecified atom stereocenters. The van der Waals surface area contributed by atoms with E-state index in [2.05, 4.69) is 5.32 Å². The first-order valence-corrected chi connectivity index (χ1v) is 5.30. The van der Waals surface area contributed by atoms with Gasteiger partial charge in [-0.05, 0) is 20.4 Å². The molecular formula is C10H18F3NO2. The Morgan fingerprint density at radius 2 is 2.19 bits per heavy atom. The molecule has 0 bridgehead atoms. The molecule has 0 aromatic rings. The van der Waals surface area contributed by atoms with Crippen LogP contribution in [0.3, 0.4) is 0 Å². The molecule has 3 nitrogen and oxygen atoms in total. The van der Waals surface area contributed by atoms with Crippen molar-refractivity contribution in [1.29, 1.82) is 0 Å². The van der Waals surface area contributed by atoms with Gasteiger partial charge in [-0.15, -0.1) is 0 Å². The van der Waals surface area contributed by atoms with Crippen LogP contribution >= 0.6 is 0 Å². The lowest BCUT2D eigenvalue weighted by Crippen LogP contribution is -2.42. The number of halogens is 3. The first-order chi connectivity index (χ1) is 7.40. The molecule has 0 aromatic carbocycles. The summed E-state index contributed by atoms with van der Waals surface area (Å²) in [6, 6.07) is 0. The molecule has 1 fully saturated rings. The largest absolute Gasteiger partial charge is 0.411 e. The lowest BCUT2D eigenvalue weighted by atomic mass is 9.82. The Balaban J connectivity index is 2.46. The molecule has 1 saturated heterocycles. The molecule has 0 saturated carbocycles. The maximum absolute atomic E-state index is 12.0. The van der Waals surface area contributed by atoms with E-state index in [0.717, 1.165) is 6.42 Å². The minimum absolute atomic E-state index is 0.0758. The van der Waals surface area contributed by atoms with Crippen LogP contribution in [0.25, 0.3) is 0 Å². The van der Waals surface area contributed by atoms with Gasteiger partial charge < -0.3 is 14.8 Å². The number of ether oxygens (including phenoxy) is 2. The van der Waals surface area contributed by atoms with Crippen molar-refractivity contribution in [2.75, 3.05) is 33.4 Å². The van der Waals surface area contributed by atoms with Gasteiger partial charge in [0.2, 0.25) is 0 Å². The summed E-state index contributed by atoms with van der Waals surface area (Å²) >= 11 is 0. The zero-order chi connectivity index (χ0) is 12.2. The first kappa shape index (κ1) is 13.7. The summed E-state index contributed by atoms with van der Waals surface area (Å²) in [7, 11) is 1.77. The molecule has 1 aliphatic rings. The van der Waals surface area contributed by atoms with E-state index in [9.17, 15) is 13.2 Å². The number of rotatable bonds is 5. The SMILES string of the molecule is CNCC1(COCC(F)(F)F)CCOC1C. The van der Waals surface area contributed by atoms with E-state index in [-0.39, 0.29) is 18.1 Å². The Bertz CT molecular complexity index is 223. The highest BCUT2D eigenvalue weighted by Gasteiger charge is 2.42. The Morgan fingerprint density at radius 1 is 1.50 bits per heavy atom. The van der Waals surface area contributed by atoms with Crippen molar-refractivity contribution in [3.05, 3.63) is 0 Å². The summed E-state index contributed by atoms with van der Waals surface area (Å²) in [4.78, 5) is 0. The van der Waals surface area contributed by atoms with Crippen molar-refractivity contribution in [2.24, 2.45) is 5.41 Å². The van der Waals surface area contributed by atoms with Crippen LogP contribution in [0.15, 0.2) is 0 Å². The van der Waals surface area contributed by atoms with Gasteiger partial charge in [0, 0.05) is 18.6 Å². The topological polar surface area (TPSA) is 30.5 Å². The standard InChI is InChI=1S/C10H18F3NO2/c1-8-9(5-14-2,3-4-16-8)6-15-7-10(11,12)13/h8,14H,3-7H2,1-2H3. The van der Waals surface area contributed by atoms with Crippen LogP contribution in [0.1, 0.15) is 13.3 Å². The monoisotopic (exact) mass is 241 g/mol. The number of hydrogen-bond donors (Lipinski definition) is 1. The van der Waals surface area contributed by atoms with Gasteiger partial charge in [0.25, 0.3) is 0 Å². The van der Waals surface area contributed by atoms with Crippen molar-refractivity contribution in [3.8, 4) is 0 Å². The van der Waals surface area contributed by atoms with Crippen LogP contribution in [0.5, 0.6) is 0 Å². The van der Waals surface area contributed by atoms with Gasteiger partial charge in [0.05, 0.1) is 12.7 Å². The molecule has 0 spiro atoms. The predicted octanol–water partition coefficient (Wildman–Crippen LogP) is 1.58. The van der Waals surface area contributed by atoms with E-state index in [1.165, 1.54) is 0 Å². The molecule has 0 amide bonds. The molecule has 1 heterocycles. The van der Waals surface area contributed by atoms with Gasteiger partial charge in [-0.2, -0.15) is 13.2 Å². The molecule has 6 heteroatoms. The fraction of sp³-hybridized carbons (Fsp3) is 1.00. The van der Waals surface area contributed by atoms with E-state index in [0.29, 0.717) is 13.2 Å². The lowest BCUT2D eigenvalue weighted by molar-refractivity contribution is -0.182. The quantitative estimate of drug-likeness (QED) is 0.792. The highest BCUT2D eigenvalue weighted by Crippen LogP contribution is 2.35. The summed E-state index contributed by atoms with van der Waals surface area (Å²) in [5, 5.41) is 2.99. The third-order valence-corrected chi connectivity index (χ3v) is 3.01. The number of alkyl halides is 3.